The first-order valence-corrected chi connectivity index (χ1v) is 5.36. The van der Waals surface area contributed by atoms with Crippen LogP contribution >= 0.6 is 15.9 Å². The van der Waals surface area contributed by atoms with Gasteiger partial charge in [0.15, 0.2) is 0 Å². The number of hydrogen-bond acceptors (Lipinski definition) is 3. The molecule has 1 aromatic carbocycles. The minimum atomic E-state index is -2.69. The molecule has 0 N–H and O–H groups in total. The van der Waals surface area contributed by atoms with Gasteiger partial charge in [-0.15, -0.1) is 0 Å². The van der Waals surface area contributed by atoms with Crippen molar-refractivity contribution in [2.75, 3.05) is 7.11 Å². The number of benzene rings is 1. The van der Waals surface area contributed by atoms with Crippen LogP contribution in [-0.4, -0.2) is 13.1 Å². The number of alkyl halides is 2. The summed E-state index contributed by atoms with van der Waals surface area (Å²) in [4.78, 5) is 11.1. The Bertz CT molecular complexity index is 483. The Morgan fingerprint density at radius 2 is 2.24 bits per heavy atom. The molecule has 90 valence electrons. The van der Waals surface area contributed by atoms with Crippen LogP contribution in [-0.2, 0) is 16.0 Å². The number of nitriles is 1. The fourth-order valence-electron chi connectivity index (χ4n) is 1.27. The van der Waals surface area contributed by atoms with E-state index in [-0.39, 0.29) is 17.5 Å². The average Bonchev–Trinajstić information content (AvgIpc) is 2.31. The zero-order chi connectivity index (χ0) is 13.0. The smallest absolute Gasteiger partial charge is 0.310 e. The largest absolute Gasteiger partial charge is 0.469 e. The van der Waals surface area contributed by atoms with Gasteiger partial charge in [-0.25, -0.2) is 8.78 Å². The molecule has 1 rings (SSSR count). The monoisotopic (exact) mass is 303 g/mol. The lowest BCUT2D eigenvalue weighted by Gasteiger charge is -2.08. The molecule has 0 aromatic heterocycles. The van der Waals surface area contributed by atoms with E-state index in [1.807, 2.05) is 0 Å². The van der Waals surface area contributed by atoms with Crippen LogP contribution in [0.4, 0.5) is 8.78 Å². The summed E-state index contributed by atoms with van der Waals surface area (Å²) >= 11 is 3.11. The molecule has 3 nitrogen and oxygen atoms in total. The van der Waals surface area contributed by atoms with Crippen LogP contribution in [0, 0.1) is 11.3 Å². The normalized spacial score (nSPS) is 10.1. The van der Waals surface area contributed by atoms with Crippen LogP contribution in [0.3, 0.4) is 0 Å². The summed E-state index contributed by atoms with van der Waals surface area (Å²) in [7, 11) is 1.21. The van der Waals surface area contributed by atoms with Crippen LogP contribution in [0.2, 0.25) is 0 Å². The van der Waals surface area contributed by atoms with Gasteiger partial charge < -0.3 is 4.74 Å². The zero-order valence-corrected chi connectivity index (χ0v) is 10.4. The third kappa shape index (κ3) is 3.24. The summed E-state index contributed by atoms with van der Waals surface area (Å²) < 4.78 is 29.9. The molecule has 0 saturated heterocycles. The number of methoxy groups -OCH3 is 1. The van der Waals surface area contributed by atoms with Gasteiger partial charge in [0.25, 0.3) is 6.43 Å². The lowest BCUT2D eigenvalue weighted by atomic mass is 10.0. The van der Waals surface area contributed by atoms with Gasteiger partial charge in [-0.1, -0.05) is 0 Å². The SMILES string of the molecule is COC(=O)Cc1cc(C(F)F)cc(C#N)c1Br. The predicted octanol–water partition coefficient (Wildman–Crippen LogP) is 2.97. The standard InChI is InChI=1S/C11H8BrF2NO2/c1-17-9(16)4-6-2-7(11(13)14)3-8(5-15)10(6)12/h2-3,11H,4H2,1H3. The van der Waals surface area contributed by atoms with Gasteiger partial charge >= 0.3 is 5.97 Å². The van der Waals surface area contributed by atoms with Crippen molar-refractivity contribution < 1.29 is 18.3 Å². The number of carbonyl (C=O) groups is 1. The van der Waals surface area contributed by atoms with Crippen LogP contribution in [0.25, 0.3) is 0 Å². The first-order valence-electron chi connectivity index (χ1n) is 4.57. The molecule has 0 heterocycles. The van der Waals surface area contributed by atoms with Gasteiger partial charge in [0.05, 0.1) is 19.1 Å². The zero-order valence-electron chi connectivity index (χ0n) is 8.84. The van der Waals surface area contributed by atoms with Crippen molar-refractivity contribution in [3.05, 3.63) is 33.3 Å². The van der Waals surface area contributed by atoms with E-state index in [0.717, 1.165) is 6.07 Å². The van der Waals surface area contributed by atoms with Gasteiger partial charge in [-0.05, 0) is 33.6 Å². The molecule has 0 bridgehead atoms. The Labute approximate surface area is 105 Å². The molecule has 0 radical (unpaired) electrons. The van der Waals surface area contributed by atoms with E-state index < -0.39 is 12.4 Å². The number of carbonyl (C=O) groups excluding carboxylic acids is 1. The van der Waals surface area contributed by atoms with Gasteiger partial charge in [0.2, 0.25) is 0 Å². The maximum absolute atomic E-state index is 12.6. The molecule has 0 aliphatic carbocycles. The molecular weight excluding hydrogens is 296 g/mol. The molecule has 1 aromatic rings. The van der Waals surface area contributed by atoms with E-state index in [1.54, 1.807) is 6.07 Å². The Morgan fingerprint density at radius 3 is 2.71 bits per heavy atom. The van der Waals surface area contributed by atoms with Crippen molar-refractivity contribution in [3.63, 3.8) is 0 Å². The van der Waals surface area contributed by atoms with Crippen LogP contribution in [0.5, 0.6) is 0 Å². The van der Waals surface area contributed by atoms with Gasteiger partial charge in [0, 0.05) is 10.0 Å². The van der Waals surface area contributed by atoms with Gasteiger partial charge in [-0.3, -0.25) is 4.79 Å². The van der Waals surface area contributed by atoms with Gasteiger partial charge in [0.1, 0.15) is 6.07 Å². The van der Waals surface area contributed by atoms with Crippen LogP contribution in [0.1, 0.15) is 23.1 Å². The van der Waals surface area contributed by atoms with Crippen molar-refractivity contribution in [1.29, 1.82) is 5.26 Å². The summed E-state index contributed by atoms with van der Waals surface area (Å²) in [6.45, 7) is 0. The molecule has 6 heteroatoms. The van der Waals surface area contributed by atoms with Crippen LogP contribution < -0.4 is 0 Å². The highest BCUT2D eigenvalue weighted by atomic mass is 79.9. The average molecular weight is 304 g/mol. The molecule has 0 unspecified atom stereocenters. The lowest BCUT2D eigenvalue weighted by molar-refractivity contribution is -0.139. The number of halogens is 3. The fraction of sp³-hybridized carbons (Fsp3) is 0.273. The number of nitrogens with zero attached hydrogens (tertiary/aromatic N) is 1. The minimum absolute atomic E-state index is 0.0710. The second-order valence-electron chi connectivity index (χ2n) is 3.21. The highest BCUT2D eigenvalue weighted by Crippen LogP contribution is 2.29. The molecule has 0 fully saturated rings. The minimum Gasteiger partial charge on any atom is -0.469 e. The van der Waals surface area contributed by atoms with E-state index in [2.05, 4.69) is 20.7 Å². The Balaban J connectivity index is 3.24. The van der Waals surface area contributed by atoms with E-state index in [4.69, 9.17) is 5.26 Å². The highest BCUT2D eigenvalue weighted by Gasteiger charge is 2.16. The maximum Gasteiger partial charge on any atom is 0.310 e. The maximum atomic E-state index is 12.6. The summed E-state index contributed by atoms with van der Waals surface area (Å²) in [6.07, 6.45) is -2.85. The Morgan fingerprint density at radius 1 is 1.59 bits per heavy atom. The third-order valence-electron chi connectivity index (χ3n) is 2.11. The predicted molar refractivity (Wildman–Crippen MR) is 59.5 cm³/mol. The quantitative estimate of drug-likeness (QED) is 0.807. The molecule has 0 amide bonds. The third-order valence-corrected chi connectivity index (χ3v) is 3.04. The number of hydrogen-bond donors (Lipinski definition) is 0. The van der Waals surface area contributed by atoms with E-state index >= 15 is 0 Å². The van der Waals surface area contributed by atoms with Crippen molar-refractivity contribution in [1.82, 2.24) is 0 Å². The van der Waals surface area contributed by atoms with Crippen molar-refractivity contribution >= 4 is 21.9 Å². The topological polar surface area (TPSA) is 50.1 Å². The second-order valence-corrected chi connectivity index (χ2v) is 4.00. The number of esters is 1. The molecule has 0 spiro atoms. The van der Waals surface area contributed by atoms with Crippen LogP contribution in [0.15, 0.2) is 16.6 Å². The van der Waals surface area contributed by atoms with Gasteiger partial charge in [-0.2, -0.15) is 5.26 Å². The molecule has 0 aliphatic heterocycles. The number of rotatable bonds is 3. The van der Waals surface area contributed by atoms with E-state index in [1.165, 1.54) is 13.2 Å². The fourth-order valence-corrected chi connectivity index (χ4v) is 1.73. The van der Waals surface area contributed by atoms with Crippen molar-refractivity contribution in [3.8, 4) is 6.07 Å². The van der Waals surface area contributed by atoms with E-state index in [9.17, 15) is 13.6 Å². The summed E-state index contributed by atoms with van der Waals surface area (Å²) in [5, 5.41) is 8.80. The van der Waals surface area contributed by atoms with Crippen molar-refractivity contribution in [2.45, 2.75) is 12.8 Å². The summed E-state index contributed by atoms with van der Waals surface area (Å²) in [5.74, 6) is -0.555. The summed E-state index contributed by atoms with van der Waals surface area (Å²) in [6, 6.07) is 4.07. The number of ether oxygens (including phenoxy) is 1. The first-order chi connectivity index (χ1) is 7.99. The second kappa shape index (κ2) is 5.73. The molecule has 0 aliphatic rings. The van der Waals surface area contributed by atoms with E-state index in [0.29, 0.717) is 10.0 Å². The molecular formula is C11H8BrF2NO2. The molecule has 0 saturated carbocycles. The lowest BCUT2D eigenvalue weighted by Crippen LogP contribution is -2.06. The molecule has 0 atom stereocenters. The Kier molecular flexibility index (Phi) is 4.58. The van der Waals surface area contributed by atoms with Crippen molar-refractivity contribution in [2.24, 2.45) is 0 Å². The summed E-state index contributed by atoms with van der Waals surface area (Å²) in [5.41, 5.74) is 0.0940. The molecule has 17 heavy (non-hydrogen) atoms. The first kappa shape index (κ1) is 13.6. The highest BCUT2D eigenvalue weighted by molar-refractivity contribution is 9.10. The Hall–Kier alpha value is -1.48.